The fourth-order valence-corrected chi connectivity index (χ4v) is 3.31. The highest BCUT2D eigenvalue weighted by atomic mass is 28.3. The molecule has 2 heterocycles. The lowest BCUT2D eigenvalue weighted by atomic mass is 10.1. The van der Waals surface area contributed by atoms with Crippen molar-refractivity contribution in [2.24, 2.45) is 0 Å². The number of fused-ring (bicyclic) bond motifs is 1. The molecule has 0 radical (unpaired) electrons. The molecule has 0 aliphatic carbocycles. The van der Waals surface area contributed by atoms with Crippen molar-refractivity contribution in [3.8, 4) is 0 Å². The maximum Gasteiger partial charge on any atom is 0.356 e. The average molecular weight is 334 g/mol. The van der Waals surface area contributed by atoms with Gasteiger partial charge < -0.3 is 14.4 Å². The Morgan fingerprint density at radius 2 is 2.22 bits per heavy atom. The summed E-state index contributed by atoms with van der Waals surface area (Å²) in [5.74, 6) is -0.416. The molecule has 5 nitrogen and oxygen atoms in total. The summed E-state index contributed by atoms with van der Waals surface area (Å²) in [4.78, 5) is 18.3. The Kier molecular flexibility index (Phi) is 5.59. The van der Waals surface area contributed by atoms with Gasteiger partial charge in [-0.15, -0.1) is 0 Å². The first-order valence-electron chi connectivity index (χ1n) is 7.93. The number of esters is 1. The number of hydrogen-bond acceptors (Lipinski definition) is 5. The lowest BCUT2D eigenvalue weighted by Crippen LogP contribution is -2.27. The van der Waals surface area contributed by atoms with E-state index < -0.39 is 14.0 Å². The molecule has 23 heavy (non-hydrogen) atoms. The van der Waals surface area contributed by atoms with E-state index in [-0.39, 0.29) is 0 Å². The first-order valence-corrected chi connectivity index (χ1v) is 11.6. The number of aromatic nitrogens is 1. The summed E-state index contributed by atoms with van der Waals surface area (Å²) in [7, 11) is 0.293. The van der Waals surface area contributed by atoms with Gasteiger partial charge in [-0.3, -0.25) is 0 Å². The molecule has 1 aliphatic rings. The third-order valence-electron chi connectivity index (χ3n) is 3.89. The van der Waals surface area contributed by atoms with Gasteiger partial charge in [0, 0.05) is 33.2 Å². The van der Waals surface area contributed by atoms with Crippen LogP contribution in [-0.2, 0) is 15.9 Å². The second kappa shape index (κ2) is 7.27. The zero-order valence-corrected chi connectivity index (χ0v) is 15.5. The lowest BCUT2D eigenvalue weighted by molar-refractivity contribution is 0.0594. The molecule has 0 bridgehead atoms. The van der Waals surface area contributed by atoms with Crippen molar-refractivity contribution < 1.29 is 14.3 Å². The van der Waals surface area contributed by atoms with Gasteiger partial charge in [0.1, 0.15) is 12.4 Å². The summed E-state index contributed by atoms with van der Waals surface area (Å²) < 4.78 is 10.6. The van der Waals surface area contributed by atoms with Gasteiger partial charge in [-0.05, 0) is 12.1 Å². The van der Waals surface area contributed by atoms with Crippen molar-refractivity contribution >= 4 is 25.8 Å². The van der Waals surface area contributed by atoms with E-state index >= 15 is 0 Å². The van der Waals surface area contributed by atoms with Crippen LogP contribution in [0.25, 0.3) is 6.08 Å². The topological polar surface area (TPSA) is 51.7 Å². The maximum absolute atomic E-state index is 11.7. The van der Waals surface area contributed by atoms with Crippen LogP contribution in [0.2, 0.25) is 25.7 Å². The smallest absolute Gasteiger partial charge is 0.356 e. The number of nitrogens with zero attached hydrogens (tertiary/aromatic N) is 2. The van der Waals surface area contributed by atoms with Gasteiger partial charge in [-0.1, -0.05) is 32.3 Å². The van der Waals surface area contributed by atoms with E-state index in [1.54, 1.807) is 12.1 Å². The Hall–Kier alpha value is -1.66. The van der Waals surface area contributed by atoms with E-state index in [1.165, 1.54) is 7.11 Å². The highest BCUT2D eigenvalue weighted by Crippen LogP contribution is 2.32. The van der Waals surface area contributed by atoms with Crippen molar-refractivity contribution in [3.05, 3.63) is 29.6 Å². The van der Waals surface area contributed by atoms with Crippen molar-refractivity contribution in [1.82, 2.24) is 4.98 Å². The number of carbonyl (C=O) groups excluding carboxylic acids is 1. The van der Waals surface area contributed by atoms with Gasteiger partial charge in [-0.2, -0.15) is 0 Å². The summed E-state index contributed by atoms with van der Waals surface area (Å²) in [6.45, 7) is 13.1. The van der Waals surface area contributed by atoms with Crippen molar-refractivity contribution in [3.63, 3.8) is 0 Å². The van der Waals surface area contributed by atoms with Gasteiger partial charge in [0.2, 0.25) is 0 Å². The zero-order chi connectivity index (χ0) is 17.0. The summed E-state index contributed by atoms with van der Waals surface area (Å²) in [6, 6.07) is 2.89. The van der Waals surface area contributed by atoms with Crippen LogP contribution in [0.1, 0.15) is 21.7 Å². The van der Waals surface area contributed by atoms with Crippen LogP contribution in [0.4, 0.5) is 5.69 Å². The van der Waals surface area contributed by atoms with Crippen molar-refractivity contribution in [2.75, 3.05) is 31.9 Å². The molecule has 126 valence electrons. The van der Waals surface area contributed by atoms with Crippen molar-refractivity contribution in [2.45, 2.75) is 32.1 Å². The number of anilines is 1. The monoisotopic (exact) mass is 334 g/mol. The fourth-order valence-electron chi connectivity index (χ4n) is 2.55. The summed E-state index contributed by atoms with van der Waals surface area (Å²) in [6.07, 6.45) is 2.56. The molecule has 2 rings (SSSR count). The molecule has 0 aromatic carbocycles. The van der Waals surface area contributed by atoms with E-state index in [9.17, 15) is 4.79 Å². The minimum absolute atomic E-state index is 0.336. The molecule has 0 unspecified atom stereocenters. The Bertz CT molecular complexity index is 596. The largest absolute Gasteiger partial charge is 0.464 e. The predicted molar refractivity (Wildman–Crippen MR) is 95.7 cm³/mol. The van der Waals surface area contributed by atoms with Gasteiger partial charge in [-0.25, -0.2) is 9.78 Å². The van der Waals surface area contributed by atoms with E-state index in [4.69, 9.17) is 9.47 Å². The van der Waals surface area contributed by atoms with Gasteiger partial charge >= 0.3 is 5.97 Å². The number of rotatable bonds is 7. The van der Waals surface area contributed by atoms with Crippen LogP contribution in [0.15, 0.2) is 12.6 Å². The maximum atomic E-state index is 11.7. The number of carbonyl (C=O) groups is 1. The second-order valence-electron chi connectivity index (χ2n) is 6.95. The van der Waals surface area contributed by atoms with Crippen LogP contribution >= 0.6 is 0 Å². The summed E-state index contributed by atoms with van der Waals surface area (Å²) >= 11 is 0. The van der Waals surface area contributed by atoms with Crippen LogP contribution in [-0.4, -0.2) is 46.0 Å². The molecule has 1 aliphatic heterocycles. The Balaban J connectivity index is 2.10. The Morgan fingerprint density at radius 3 is 2.83 bits per heavy atom. The van der Waals surface area contributed by atoms with Crippen LogP contribution < -0.4 is 4.90 Å². The first kappa shape index (κ1) is 17.7. The minimum Gasteiger partial charge on any atom is -0.464 e. The molecule has 0 spiro atoms. The number of hydrogen-bond donors (Lipinski definition) is 0. The molecular formula is C17H26N2O3Si. The number of pyridine rings is 1. The molecular weight excluding hydrogens is 308 g/mol. The van der Waals surface area contributed by atoms with Crippen LogP contribution in [0.5, 0.6) is 0 Å². The molecule has 0 fully saturated rings. The molecule has 0 amide bonds. The van der Waals surface area contributed by atoms with E-state index in [2.05, 4.69) is 36.1 Å². The Morgan fingerprint density at radius 1 is 1.48 bits per heavy atom. The van der Waals surface area contributed by atoms with E-state index in [0.29, 0.717) is 12.4 Å². The lowest BCUT2D eigenvalue weighted by Gasteiger charge is -2.22. The average Bonchev–Trinajstić information content (AvgIpc) is 2.92. The zero-order valence-electron chi connectivity index (χ0n) is 14.5. The third kappa shape index (κ3) is 4.42. The third-order valence-corrected chi connectivity index (χ3v) is 5.59. The first-order chi connectivity index (χ1) is 10.9. The van der Waals surface area contributed by atoms with E-state index in [1.807, 2.05) is 0 Å². The van der Waals surface area contributed by atoms with Crippen LogP contribution in [0, 0.1) is 0 Å². The molecule has 1 aromatic heterocycles. The second-order valence-corrected chi connectivity index (χ2v) is 12.6. The molecule has 0 saturated heterocycles. The minimum atomic E-state index is -1.07. The Labute approximate surface area is 139 Å². The number of methoxy groups -OCH3 is 1. The molecule has 0 atom stereocenters. The summed E-state index contributed by atoms with van der Waals surface area (Å²) in [5, 5.41) is 0. The number of ether oxygens (including phenoxy) is 2. The molecule has 1 aromatic rings. The normalized spacial score (nSPS) is 13.8. The van der Waals surface area contributed by atoms with Gasteiger partial charge in [0.15, 0.2) is 0 Å². The molecule has 6 heteroatoms. The quantitative estimate of drug-likeness (QED) is 0.435. The van der Waals surface area contributed by atoms with Crippen LogP contribution in [0.3, 0.4) is 0 Å². The fraction of sp³-hybridized carbons (Fsp3) is 0.529. The highest BCUT2D eigenvalue weighted by Gasteiger charge is 2.25. The van der Waals surface area contributed by atoms with Crippen molar-refractivity contribution in [1.29, 1.82) is 0 Å². The SMILES string of the molecule is C=Cc1cc(C(=O)OC)nc2c1N(COCC[Si](C)(C)C)CC2. The predicted octanol–water partition coefficient (Wildman–Crippen LogP) is 3.19. The summed E-state index contributed by atoms with van der Waals surface area (Å²) in [5.41, 5.74) is 3.18. The van der Waals surface area contributed by atoms with Gasteiger partial charge in [0.05, 0.1) is 18.5 Å². The van der Waals surface area contributed by atoms with Gasteiger partial charge in [0.25, 0.3) is 0 Å². The molecule has 0 saturated carbocycles. The standard InChI is InChI=1S/C17H26N2O3Si/c1-6-13-11-15(17(20)21-2)18-14-7-8-19(16(13)14)12-22-9-10-23(3,4)5/h6,11H,1,7-10,12H2,2-5H3. The molecule has 0 N–H and O–H groups in total. The highest BCUT2D eigenvalue weighted by molar-refractivity contribution is 6.76. The van der Waals surface area contributed by atoms with E-state index in [0.717, 1.165) is 42.6 Å².